The third-order valence-corrected chi connectivity index (χ3v) is 3.40. The van der Waals surface area contributed by atoms with E-state index in [1.54, 1.807) is 19.2 Å². The van der Waals surface area contributed by atoms with E-state index in [1.807, 2.05) is 30.3 Å². The van der Waals surface area contributed by atoms with Crippen LogP contribution in [0, 0.1) is 4.77 Å². The molecule has 0 aliphatic carbocycles. The second-order valence-electron chi connectivity index (χ2n) is 4.98. The Labute approximate surface area is 148 Å². The monoisotopic (exact) mass is 356 g/mol. The number of imidazole rings is 1. The van der Waals surface area contributed by atoms with Crippen molar-refractivity contribution in [2.45, 2.75) is 6.92 Å². The number of rotatable bonds is 5. The van der Waals surface area contributed by atoms with Gasteiger partial charge in [0.2, 0.25) is 0 Å². The zero-order valence-electron chi connectivity index (χ0n) is 13.4. The van der Waals surface area contributed by atoms with Crippen LogP contribution in [0.2, 0.25) is 0 Å². The Morgan fingerprint density at radius 2 is 2.16 bits per heavy atom. The number of hydrogen-bond donors (Lipinski definition) is 4. The Hall–Kier alpha value is -3.20. The molecule has 8 nitrogen and oxygen atoms in total. The molecule has 0 atom stereocenters. The number of nitrogens with zero attached hydrogens (tertiary/aromatic N) is 2. The fraction of sp³-hybridized carbons (Fsp3) is 0.125. The largest absolute Gasteiger partial charge is 0.450 e. The Morgan fingerprint density at radius 3 is 2.92 bits per heavy atom. The molecule has 9 heteroatoms. The molecule has 3 rings (SSSR count). The van der Waals surface area contributed by atoms with Crippen LogP contribution in [0.15, 0.2) is 41.5 Å². The molecule has 0 aliphatic heterocycles. The van der Waals surface area contributed by atoms with Crippen LogP contribution in [0.1, 0.15) is 12.5 Å². The summed E-state index contributed by atoms with van der Waals surface area (Å²) in [6.45, 7) is 2.00. The van der Waals surface area contributed by atoms with E-state index in [1.165, 1.54) is 0 Å². The standard InChI is InChI=1S/C16H16N6O2S/c1-2-24-16(23)19-12-8-11(13-14(18-12)21-15(25)20-13)22-17-9-10-6-4-3-5-7-10/h3-9H,2H2,1H3,(H4,18,19,20,21,22,23,25)/b17-9+. The van der Waals surface area contributed by atoms with Gasteiger partial charge in [0, 0.05) is 6.07 Å². The molecule has 0 aliphatic rings. The van der Waals surface area contributed by atoms with E-state index in [4.69, 9.17) is 17.0 Å². The van der Waals surface area contributed by atoms with Gasteiger partial charge < -0.3 is 14.7 Å². The van der Waals surface area contributed by atoms with Gasteiger partial charge in [0.25, 0.3) is 0 Å². The van der Waals surface area contributed by atoms with Gasteiger partial charge in [0.15, 0.2) is 10.4 Å². The van der Waals surface area contributed by atoms with Gasteiger partial charge in [0.1, 0.15) is 11.3 Å². The number of anilines is 2. The molecule has 0 unspecified atom stereocenters. The van der Waals surface area contributed by atoms with Crippen LogP contribution in [-0.4, -0.2) is 33.9 Å². The summed E-state index contributed by atoms with van der Waals surface area (Å²) in [5, 5.41) is 6.77. The number of hydrogen-bond acceptors (Lipinski definition) is 6. The molecular formula is C16H16N6O2S. The lowest BCUT2D eigenvalue weighted by atomic mass is 10.2. The number of carbonyl (C=O) groups excluding carboxylic acids is 1. The lowest BCUT2D eigenvalue weighted by Crippen LogP contribution is -2.14. The summed E-state index contributed by atoms with van der Waals surface area (Å²) in [5.74, 6) is 0.314. The van der Waals surface area contributed by atoms with Gasteiger partial charge in [0.05, 0.1) is 18.5 Å². The number of ether oxygens (including phenoxy) is 1. The smallest absolute Gasteiger partial charge is 0.412 e. The summed E-state index contributed by atoms with van der Waals surface area (Å²) < 4.78 is 5.29. The highest BCUT2D eigenvalue weighted by Gasteiger charge is 2.10. The Morgan fingerprint density at radius 1 is 1.36 bits per heavy atom. The van der Waals surface area contributed by atoms with Crippen molar-refractivity contribution in [3.8, 4) is 0 Å². The van der Waals surface area contributed by atoms with Crippen LogP contribution in [0.3, 0.4) is 0 Å². The maximum atomic E-state index is 11.6. The number of nitrogens with one attached hydrogen (secondary N) is 4. The number of benzene rings is 1. The third-order valence-electron chi connectivity index (χ3n) is 3.19. The molecule has 1 aromatic carbocycles. The number of pyridine rings is 1. The number of aromatic nitrogens is 3. The van der Waals surface area contributed by atoms with E-state index in [2.05, 4.69) is 30.8 Å². The number of amides is 1. The SMILES string of the molecule is CCOC(=O)Nc1cc(N/N=C/c2ccccc2)c2[nH]c(=S)[nH]c2n1. The molecule has 2 heterocycles. The molecule has 0 spiro atoms. The molecule has 0 bridgehead atoms. The first-order chi connectivity index (χ1) is 12.2. The zero-order chi connectivity index (χ0) is 17.6. The van der Waals surface area contributed by atoms with Gasteiger partial charge >= 0.3 is 6.09 Å². The zero-order valence-corrected chi connectivity index (χ0v) is 14.2. The predicted octanol–water partition coefficient (Wildman–Crippen LogP) is 3.63. The van der Waals surface area contributed by atoms with Crippen molar-refractivity contribution in [3.05, 3.63) is 46.7 Å². The molecule has 128 valence electrons. The van der Waals surface area contributed by atoms with Gasteiger partial charge in [-0.05, 0) is 24.7 Å². The minimum Gasteiger partial charge on any atom is -0.450 e. The average molecular weight is 356 g/mol. The Bertz CT molecular complexity index is 964. The normalized spacial score (nSPS) is 10.9. The van der Waals surface area contributed by atoms with Gasteiger partial charge in [-0.25, -0.2) is 9.78 Å². The maximum Gasteiger partial charge on any atom is 0.412 e. The summed E-state index contributed by atoms with van der Waals surface area (Å²) in [4.78, 5) is 21.8. The van der Waals surface area contributed by atoms with Crippen LogP contribution >= 0.6 is 12.2 Å². The summed E-state index contributed by atoms with van der Waals surface area (Å²) in [6.07, 6.45) is 1.11. The predicted molar refractivity (Wildman–Crippen MR) is 99.6 cm³/mol. The summed E-state index contributed by atoms with van der Waals surface area (Å²) >= 11 is 5.11. The summed E-state index contributed by atoms with van der Waals surface area (Å²) in [7, 11) is 0. The molecular weight excluding hydrogens is 340 g/mol. The van der Waals surface area contributed by atoms with Crippen molar-refractivity contribution in [2.24, 2.45) is 5.10 Å². The molecule has 1 amide bonds. The highest BCUT2D eigenvalue weighted by Crippen LogP contribution is 2.23. The molecule has 0 radical (unpaired) electrons. The van der Waals surface area contributed by atoms with Crippen LogP contribution in [-0.2, 0) is 4.74 Å². The first-order valence-electron chi connectivity index (χ1n) is 7.56. The highest BCUT2D eigenvalue weighted by atomic mass is 32.1. The Balaban J connectivity index is 1.88. The first-order valence-corrected chi connectivity index (χ1v) is 7.97. The highest BCUT2D eigenvalue weighted by molar-refractivity contribution is 7.71. The van der Waals surface area contributed by atoms with Gasteiger partial charge in [-0.1, -0.05) is 30.3 Å². The van der Waals surface area contributed by atoms with Crippen molar-refractivity contribution < 1.29 is 9.53 Å². The fourth-order valence-electron chi connectivity index (χ4n) is 2.15. The minimum absolute atomic E-state index is 0.271. The van der Waals surface area contributed by atoms with E-state index in [0.717, 1.165) is 5.56 Å². The molecule has 0 saturated carbocycles. The minimum atomic E-state index is -0.581. The molecule has 2 aromatic heterocycles. The molecule has 4 N–H and O–H groups in total. The van der Waals surface area contributed by atoms with Crippen molar-refractivity contribution in [2.75, 3.05) is 17.3 Å². The molecule has 0 fully saturated rings. The number of fused-ring (bicyclic) bond motifs is 1. The maximum absolute atomic E-state index is 11.6. The average Bonchev–Trinajstić information content (AvgIpc) is 2.96. The number of carbonyl (C=O) groups is 1. The number of aromatic amines is 2. The lowest BCUT2D eigenvalue weighted by molar-refractivity contribution is 0.168. The van der Waals surface area contributed by atoms with E-state index in [9.17, 15) is 4.79 Å². The van der Waals surface area contributed by atoms with Crippen molar-refractivity contribution in [3.63, 3.8) is 0 Å². The molecule has 0 saturated heterocycles. The van der Waals surface area contributed by atoms with Crippen LogP contribution in [0.5, 0.6) is 0 Å². The van der Waals surface area contributed by atoms with Gasteiger partial charge in [-0.2, -0.15) is 5.10 Å². The lowest BCUT2D eigenvalue weighted by Gasteiger charge is -2.07. The van der Waals surface area contributed by atoms with E-state index in [-0.39, 0.29) is 6.61 Å². The van der Waals surface area contributed by atoms with Crippen molar-refractivity contribution in [1.29, 1.82) is 0 Å². The van der Waals surface area contributed by atoms with E-state index < -0.39 is 6.09 Å². The second-order valence-corrected chi connectivity index (χ2v) is 5.39. The molecule has 3 aromatic rings. The van der Waals surface area contributed by atoms with E-state index >= 15 is 0 Å². The Kier molecular flexibility index (Phi) is 5.05. The van der Waals surface area contributed by atoms with Crippen LogP contribution < -0.4 is 10.7 Å². The summed E-state index contributed by atoms with van der Waals surface area (Å²) in [5.41, 5.74) is 5.65. The number of hydrazone groups is 1. The first kappa shape index (κ1) is 16.7. The number of H-pyrrole nitrogens is 2. The van der Waals surface area contributed by atoms with Crippen molar-refractivity contribution >= 4 is 47.2 Å². The topological polar surface area (TPSA) is 107 Å². The van der Waals surface area contributed by atoms with Gasteiger partial charge in [-0.15, -0.1) is 0 Å². The quantitative estimate of drug-likeness (QED) is 0.317. The molecule has 25 heavy (non-hydrogen) atoms. The summed E-state index contributed by atoms with van der Waals surface area (Å²) in [6, 6.07) is 11.3. The fourth-order valence-corrected chi connectivity index (χ4v) is 2.35. The third kappa shape index (κ3) is 4.21. The van der Waals surface area contributed by atoms with Gasteiger partial charge in [-0.3, -0.25) is 10.7 Å². The van der Waals surface area contributed by atoms with E-state index in [0.29, 0.717) is 27.4 Å². The van der Waals surface area contributed by atoms with Crippen LogP contribution in [0.4, 0.5) is 16.3 Å². The van der Waals surface area contributed by atoms with Crippen molar-refractivity contribution in [1.82, 2.24) is 15.0 Å². The second kappa shape index (κ2) is 7.58. The van der Waals surface area contributed by atoms with Crippen LogP contribution in [0.25, 0.3) is 11.2 Å².